The molecule has 0 unspecified atom stereocenters. The Morgan fingerprint density at radius 3 is 2.38 bits per heavy atom. The number of para-hydroxylation sites is 1. The third kappa shape index (κ3) is 3.08. The lowest BCUT2D eigenvalue weighted by Gasteiger charge is -2.13. The summed E-state index contributed by atoms with van der Waals surface area (Å²) < 4.78 is 1.71. The van der Waals surface area contributed by atoms with E-state index in [0.29, 0.717) is 11.9 Å². The predicted molar refractivity (Wildman–Crippen MR) is 82.5 cm³/mol. The lowest BCUT2D eigenvalue weighted by Crippen LogP contribution is -2.13. The van der Waals surface area contributed by atoms with Crippen LogP contribution in [0.4, 0.5) is 5.95 Å². The molecule has 21 heavy (non-hydrogen) atoms. The summed E-state index contributed by atoms with van der Waals surface area (Å²) in [5.74, 6) is 1.04. The molecule has 0 saturated carbocycles. The zero-order valence-corrected chi connectivity index (χ0v) is 11.8. The van der Waals surface area contributed by atoms with Gasteiger partial charge >= 0.3 is 0 Å². The number of benzene rings is 2. The number of hydrogen-bond donors (Lipinski definition) is 1. The maximum absolute atomic E-state index is 4.05. The molecule has 2 aromatic carbocycles. The van der Waals surface area contributed by atoms with Gasteiger partial charge in [0.15, 0.2) is 0 Å². The molecule has 1 N–H and O–H groups in total. The summed E-state index contributed by atoms with van der Waals surface area (Å²) in [6, 6.07) is 20.3. The second-order valence-electron chi connectivity index (χ2n) is 4.94. The van der Waals surface area contributed by atoms with E-state index in [4.69, 9.17) is 0 Å². The van der Waals surface area contributed by atoms with Gasteiger partial charge in [0.25, 0.3) is 0 Å². The van der Waals surface area contributed by atoms with Crippen LogP contribution in [0, 0.1) is 0 Å². The molecule has 0 saturated heterocycles. The van der Waals surface area contributed by atoms with E-state index in [9.17, 15) is 0 Å². The van der Waals surface area contributed by atoms with Gasteiger partial charge in [-0.3, -0.25) is 0 Å². The first kappa shape index (κ1) is 13.3. The quantitative estimate of drug-likeness (QED) is 0.780. The van der Waals surface area contributed by atoms with Crippen LogP contribution in [0.5, 0.6) is 0 Å². The lowest BCUT2D eigenvalue weighted by molar-refractivity contribution is 0.772. The molecule has 0 spiro atoms. The fraction of sp³-hybridized carbons (Fsp3) is 0.188. The number of hydrogen-bond acceptors (Lipinski definition) is 4. The summed E-state index contributed by atoms with van der Waals surface area (Å²) in [7, 11) is 0. The average molecular weight is 279 g/mol. The van der Waals surface area contributed by atoms with Crippen LogP contribution >= 0.6 is 0 Å². The molecule has 0 radical (unpaired) electrons. The number of aromatic nitrogens is 4. The van der Waals surface area contributed by atoms with Crippen molar-refractivity contribution in [1.29, 1.82) is 0 Å². The summed E-state index contributed by atoms with van der Waals surface area (Å²) in [5, 5.41) is 15.1. The fourth-order valence-corrected chi connectivity index (χ4v) is 2.18. The SMILES string of the molecule is C[C@@H](CNc1nnnn1-c1ccccc1)c1ccccc1. The molecule has 0 bridgehead atoms. The van der Waals surface area contributed by atoms with Crippen LogP contribution in [0.3, 0.4) is 0 Å². The lowest BCUT2D eigenvalue weighted by atomic mass is 10.0. The Balaban J connectivity index is 1.71. The van der Waals surface area contributed by atoms with E-state index in [0.717, 1.165) is 12.2 Å². The van der Waals surface area contributed by atoms with Gasteiger partial charge in [-0.25, -0.2) is 0 Å². The van der Waals surface area contributed by atoms with Crippen molar-refractivity contribution < 1.29 is 0 Å². The average Bonchev–Trinajstić information content (AvgIpc) is 3.03. The van der Waals surface area contributed by atoms with E-state index in [1.54, 1.807) is 4.68 Å². The Labute approximate surface area is 123 Å². The second kappa shape index (κ2) is 6.17. The van der Waals surface area contributed by atoms with Crippen LogP contribution in [-0.4, -0.2) is 26.8 Å². The van der Waals surface area contributed by atoms with Crippen molar-refractivity contribution in [2.75, 3.05) is 11.9 Å². The highest BCUT2D eigenvalue weighted by molar-refractivity contribution is 5.38. The first-order valence-corrected chi connectivity index (χ1v) is 6.97. The van der Waals surface area contributed by atoms with Crippen LogP contribution in [-0.2, 0) is 0 Å². The minimum absolute atomic E-state index is 0.382. The number of anilines is 1. The molecular weight excluding hydrogens is 262 g/mol. The largest absolute Gasteiger partial charge is 0.352 e. The normalized spacial score (nSPS) is 12.0. The molecule has 3 aromatic rings. The number of rotatable bonds is 5. The molecule has 5 heteroatoms. The molecule has 0 amide bonds. The van der Waals surface area contributed by atoms with Gasteiger partial charge in [0.05, 0.1) is 5.69 Å². The van der Waals surface area contributed by atoms with Crippen molar-refractivity contribution in [3.63, 3.8) is 0 Å². The van der Waals surface area contributed by atoms with Crippen molar-refractivity contribution >= 4 is 5.95 Å². The molecule has 1 heterocycles. The molecule has 5 nitrogen and oxygen atoms in total. The van der Waals surface area contributed by atoms with Gasteiger partial charge in [-0.15, -0.1) is 0 Å². The van der Waals surface area contributed by atoms with Gasteiger partial charge < -0.3 is 5.32 Å². The van der Waals surface area contributed by atoms with E-state index in [1.165, 1.54) is 5.56 Å². The van der Waals surface area contributed by atoms with Gasteiger partial charge in [0.1, 0.15) is 0 Å². The smallest absolute Gasteiger partial charge is 0.247 e. The number of nitrogens with zero attached hydrogens (tertiary/aromatic N) is 4. The van der Waals surface area contributed by atoms with Crippen molar-refractivity contribution in [3.05, 3.63) is 66.2 Å². The van der Waals surface area contributed by atoms with Crippen LogP contribution in [0.2, 0.25) is 0 Å². The van der Waals surface area contributed by atoms with Crippen LogP contribution < -0.4 is 5.32 Å². The van der Waals surface area contributed by atoms with Crippen molar-refractivity contribution in [2.45, 2.75) is 12.8 Å². The predicted octanol–water partition coefficient (Wildman–Crippen LogP) is 2.88. The van der Waals surface area contributed by atoms with Crippen molar-refractivity contribution in [1.82, 2.24) is 20.2 Å². The minimum atomic E-state index is 0.382. The molecule has 3 rings (SSSR count). The second-order valence-corrected chi connectivity index (χ2v) is 4.94. The zero-order chi connectivity index (χ0) is 14.5. The monoisotopic (exact) mass is 279 g/mol. The molecule has 106 valence electrons. The van der Waals surface area contributed by atoms with Gasteiger partial charge in [-0.1, -0.05) is 60.6 Å². The Bertz CT molecular complexity index is 678. The summed E-state index contributed by atoms with van der Waals surface area (Å²) >= 11 is 0. The van der Waals surface area contributed by atoms with Gasteiger partial charge in [-0.2, -0.15) is 4.68 Å². The molecule has 1 atom stereocenters. The van der Waals surface area contributed by atoms with Gasteiger partial charge in [-0.05, 0) is 34.0 Å². The Kier molecular flexibility index (Phi) is 3.91. The highest BCUT2D eigenvalue weighted by Crippen LogP contribution is 2.16. The zero-order valence-electron chi connectivity index (χ0n) is 11.8. The minimum Gasteiger partial charge on any atom is -0.352 e. The molecule has 1 aromatic heterocycles. The van der Waals surface area contributed by atoms with Crippen molar-refractivity contribution in [2.24, 2.45) is 0 Å². The molecule has 0 aliphatic carbocycles. The van der Waals surface area contributed by atoms with E-state index in [1.807, 2.05) is 36.4 Å². The maximum Gasteiger partial charge on any atom is 0.247 e. The molecule has 0 aliphatic heterocycles. The number of tetrazole rings is 1. The fourth-order valence-electron chi connectivity index (χ4n) is 2.18. The van der Waals surface area contributed by atoms with E-state index in [2.05, 4.69) is 52.0 Å². The van der Waals surface area contributed by atoms with Crippen LogP contribution in [0.25, 0.3) is 5.69 Å². The third-order valence-electron chi connectivity index (χ3n) is 3.41. The third-order valence-corrected chi connectivity index (χ3v) is 3.41. The molecule has 0 fully saturated rings. The van der Waals surface area contributed by atoms with Gasteiger partial charge in [0.2, 0.25) is 5.95 Å². The Morgan fingerprint density at radius 1 is 1.00 bits per heavy atom. The van der Waals surface area contributed by atoms with E-state index >= 15 is 0 Å². The first-order chi connectivity index (χ1) is 10.3. The van der Waals surface area contributed by atoms with E-state index < -0.39 is 0 Å². The summed E-state index contributed by atoms with van der Waals surface area (Å²) in [5.41, 5.74) is 2.24. The topological polar surface area (TPSA) is 55.6 Å². The van der Waals surface area contributed by atoms with Crippen LogP contribution in [0.15, 0.2) is 60.7 Å². The molecular formula is C16H17N5. The summed E-state index contributed by atoms with van der Waals surface area (Å²) in [6.45, 7) is 2.95. The highest BCUT2D eigenvalue weighted by atomic mass is 15.6. The van der Waals surface area contributed by atoms with Gasteiger partial charge in [0, 0.05) is 6.54 Å². The standard InChI is InChI=1S/C16H17N5/c1-13(14-8-4-2-5-9-14)12-17-16-18-19-20-21(16)15-10-6-3-7-11-15/h2-11,13H,12H2,1H3,(H,17,18,20)/t13-/m0/s1. The maximum atomic E-state index is 4.05. The van der Waals surface area contributed by atoms with Crippen LogP contribution in [0.1, 0.15) is 18.4 Å². The molecule has 0 aliphatic rings. The Morgan fingerprint density at radius 2 is 1.67 bits per heavy atom. The highest BCUT2D eigenvalue weighted by Gasteiger charge is 2.10. The van der Waals surface area contributed by atoms with Crippen molar-refractivity contribution in [3.8, 4) is 5.69 Å². The first-order valence-electron chi connectivity index (χ1n) is 6.97. The summed E-state index contributed by atoms with van der Waals surface area (Å²) in [4.78, 5) is 0. The summed E-state index contributed by atoms with van der Waals surface area (Å²) in [6.07, 6.45) is 0. The number of nitrogens with one attached hydrogen (secondary N) is 1. The van der Waals surface area contributed by atoms with E-state index in [-0.39, 0.29) is 0 Å². The Hall–Kier alpha value is -2.69.